The molecule has 4 rings (SSSR count). The molecule has 0 aromatic carbocycles. The monoisotopic (exact) mass is 384 g/mol. The van der Waals surface area contributed by atoms with Crippen LogP contribution in [0.3, 0.4) is 0 Å². The molecule has 27 heavy (non-hydrogen) atoms. The van der Waals surface area contributed by atoms with Gasteiger partial charge in [0.05, 0.1) is 16.2 Å². The predicted molar refractivity (Wildman–Crippen MR) is 101 cm³/mol. The Kier molecular flexibility index (Phi) is 4.07. The van der Waals surface area contributed by atoms with Crippen LogP contribution in [0.15, 0.2) is 37.2 Å². The highest BCUT2D eigenvalue weighted by Crippen LogP contribution is 2.26. The van der Waals surface area contributed by atoms with Gasteiger partial charge in [0, 0.05) is 12.4 Å². The van der Waals surface area contributed by atoms with Crippen LogP contribution >= 0.6 is 11.6 Å². The molecule has 4 aromatic rings. The summed E-state index contributed by atoms with van der Waals surface area (Å²) in [5.74, 6) is 0.382. The lowest BCUT2D eigenvalue weighted by Gasteiger charge is -2.17. The fourth-order valence-electron chi connectivity index (χ4n) is 2.72. The molecule has 4 heterocycles. The molecule has 0 amide bonds. The number of hydrogen-bond donors (Lipinski definition) is 0. The first kappa shape index (κ1) is 17.4. The van der Waals surface area contributed by atoms with Crippen molar-refractivity contribution in [1.29, 1.82) is 0 Å². The summed E-state index contributed by atoms with van der Waals surface area (Å²) in [7, 11) is 0. The zero-order chi connectivity index (χ0) is 19.2. The summed E-state index contributed by atoms with van der Waals surface area (Å²) in [6.07, 6.45) is 6.53. The van der Waals surface area contributed by atoms with Crippen LogP contribution < -0.4 is 0 Å². The molecular weight excluding hydrogens is 368 g/mol. The molecule has 0 spiro atoms. The maximum absolute atomic E-state index is 12.0. The van der Waals surface area contributed by atoms with Gasteiger partial charge in [0.1, 0.15) is 23.5 Å². The Labute approximate surface area is 159 Å². The third kappa shape index (κ3) is 3.02. The van der Waals surface area contributed by atoms with Gasteiger partial charge in [-0.15, -0.1) is 0 Å². The van der Waals surface area contributed by atoms with Crippen molar-refractivity contribution in [2.45, 2.75) is 27.5 Å². The highest BCUT2D eigenvalue weighted by Gasteiger charge is 2.23. The van der Waals surface area contributed by atoms with E-state index in [-0.39, 0.29) is 12.7 Å². The fraction of sp³-hybridized carbons (Fsp3) is 0.278. The Morgan fingerprint density at radius 3 is 2.52 bits per heavy atom. The zero-order valence-electron chi connectivity index (χ0n) is 15.0. The zero-order valence-corrected chi connectivity index (χ0v) is 15.8. The van der Waals surface area contributed by atoms with Crippen LogP contribution in [0.2, 0.25) is 5.15 Å². The van der Waals surface area contributed by atoms with Crippen LogP contribution in [0.25, 0.3) is 27.9 Å². The molecule has 0 fully saturated rings. The predicted octanol–water partition coefficient (Wildman–Crippen LogP) is 3.37. The van der Waals surface area contributed by atoms with Gasteiger partial charge in [-0.3, -0.25) is 13.9 Å². The van der Waals surface area contributed by atoms with E-state index in [1.807, 2.05) is 49.9 Å². The van der Waals surface area contributed by atoms with Crippen molar-refractivity contribution in [3.05, 3.63) is 42.3 Å². The van der Waals surface area contributed by atoms with Crippen LogP contribution in [0, 0.1) is 5.41 Å². The van der Waals surface area contributed by atoms with E-state index in [9.17, 15) is 4.79 Å². The third-order valence-corrected chi connectivity index (χ3v) is 4.44. The summed E-state index contributed by atoms with van der Waals surface area (Å²) >= 11 is 6.14. The van der Waals surface area contributed by atoms with E-state index < -0.39 is 5.41 Å². The molecule has 138 valence electrons. The van der Waals surface area contributed by atoms with Crippen molar-refractivity contribution in [1.82, 2.24) is 29.1 Å². The van der Waals surface area contributed by atoms with E-state index in [2.05, 4.69) is 19.9 Å². The first-order chi connectivity index (χ1) is 12.9. The standard InChI is InChI=1S/C18H17ClN6O2/c1-18(2,3)17(26)27-10-24-6-4-12-14(24)21-9-23-16(12)25-7-5-11-13(19)20-8-22-15(11)25/h4-9H,10H2,1-3H3. The number of nitrogens with zero attached hydrogens (tertiary/aromatic N) is 6. The molecule has 4 aromatic heterocycles. The Morgan fingerprint density at radius 2 is 1.74 bits per heavy atom. The molecule has 0 saturated carbocycles. The van der Waals surface area contributed by atoms with E-state index in [1.165, 1.54) is 12.7 Å². The Hall–Kier alpha value is -3.00. The summed E-state index contributed by atoms with van der Waals surface area (Å²) in [6, 6.07) is 3.72. The number of hydrogen-bond acceptors (Lipinski definition) is 6. The summed E-state index contributed by atoms with van der Waals surface area (Å²) < 4.78 is 8.99. The average molecular weight is 385 g/mol. The summed E-state index contributed by atoms with van der Waals surface area (Å²) in [6.45, 7) is 5.52. The van der Waals surface area contributed by atoms with Gasteiger partial charge in [0.2, 0.25) is 0 Å². The number of ether oxygens (including phenoxy) is 1. The topological polar surface area (TPSA) is 87.7 Å². The summed E-state index contributed by atoms with van der Waals surface area (Å²) in [5.41, 5.74) is 0.747. The molecule has 0 aliphatic carbocycles. The SMILES string of the molecule is CC(C)(C)C(=O)OCn1ccc2c(-n3ccc4c(Cl)ncnc43)ncnc21. The van der Waals surface area contributed by atoms with Gasteiger partial charge in [-0.2, -0.15) is 0 Å². The molecule has 0 unspecified atom stereocenters. The van der Waals surface area contributed by atoms with Crippen molar-refractivity contribution in [3.8, 4) is 5.82 Å². The second-order valence-corrected chi connectivity index (χ2v) is 7.48. The lowest BCUT2D eigenvalue weighted by atomic mass is 9.98. The van der Waals surface area contributed by atoms with Crippen LogP contribution in [0.5, 0.6) is 0 Å². The molecule has 0 atom stereocenters. The fourth-order valence-corrected chi connectivity index (χ4v) is 2.91. The van der Waals surface area contributed by atoms with E-state index >= 15 is 0 Å². The highest BCUT2D eigenvalue weighted by molar-refractivity contribution is 6.33. The molecule has 0 N–H and O–H groups in total. The maximum atomic E-state index is 12.0. The Bertz CT molecular complexity index is 1160. The van der Waals surface area contributed by atoms with Crippen LogP contribution in [0.1, 0.15) is 20.8 Å². The van der Waals surface area contributed by atoms with E-state index in [1.54, 1.807) is 4.57 Å². The number of aromatic nitrogens is 6. The van der Waals surface area contributed by atoms with Crippen LogP contribution in [0.4, 0.5) is 0 Å². The second kappa shape index (κ2) is 6.31. The van der Waals surface area contributed by atoms with E-state index in [0.717, 1.165) is 10.8 Å². The minimum atomic E-state index is -0.563. The largest absolute Gasteiger partial charge is 0.443 e. The second-order valence-electron chi connectivity index (χ2n) is 7.12. The van der Waals surface area contributed by atoms with Crippen molar-refractivity contribution in [2.75, 3.05) is 0 Å². The highest BCUT2D eigenvalue weighted by atomic mass is 35.5. The van der Waals surface area contributed by atoms with Crippen molar-refractivity contribution in [2.24, 2.45) is 5.41 Å². The normalized spacial score (nSPS) is 12.0. The number of esters is 1. The molecule has 0 bridgehead atoms. The first-order valence-corrected chi connectivity index (χ1v) is 8.69. The van der Waals surface area contributed by atoms with Gasteiger partial charge < -0.3 is 4.74 Å². The van der Waals surface area contributed by atoms with Gasteiger partial charge in [0.25, 0.3) is 0 Å². The van der Waals surface area contributed by atoms with Gasteiger partial charge >= 0.3 is 5.97 Å². The van der Waals surface area contributed by atoms with Gasteiger partial charge in [-0.1, -0.05) is 11.6 Å². The molecule has 9 heteroatoms. The number of rotatable bonds is 3. The Morgan fingerprint density at radius 1 is 1.04 bits per heavy atom. The van der Waals surface area contributed by atoms with Crippen LogP contribution in [-0.4, -0.2) is 35.0 Å². The molecule has 0 aliphatic rings. The lowest BCUT2D eigenvalue weighted by molar-refractivity contribution is -0.156. The Balaban J connectivity index is 1.75. The van der Waals surface area contributed by atoms with E-state index in [4.69, 9.17) is 16.3 Å². The van der Waals surface area contributed by atoms with Crippen molar-refractivity contribution < 1.29 is 9.53 Å². The number of carbonyl (C=O) groups excluding carboxylic acids is 1. The minimum absolute atomic E-state index is 0.0798. The number of halogens is 1. The molecule has 0 aliphatic heterocycles. The molecular formula is C18H17ClN6O2. The number of carbonyl (C=O) groups is 1. The minimum Gasteiger partial charge on any atom is -0.443 e. The quantitative estimate of drug-likeness (QED) is 0.397. The third-order valence-electron chi connectivity index (χ3n) is 4.14. The van der Waals surface area contributed by atoms with Crippen molar-refractivity contribution >= 4 is 39.6 Å². The number of fused-ring (bicyclic) bond motifs is 2. The van der Waals surface area contributed by atoms with Crippen molar-refractivity contribution in [3.63, 3.8) is 0 Å². The van der Waals surface area contributed by atoms with Gasteiger partial charge in [-0.25, -0.2) is 19.9 Å². The molecule has 0 radical (unpaired) electrons. The van der Waals surface area contributed by atoms with Gasteiger partial charge in [0.15, 0.2) is 18.2 Å². The first-order valence-electron chi connectivity index (χ1n) is 8.31. The maximum Gasteiger partial charge on any atom is 0.312 e. The smallest absolute Gasteiger partial charge is 0.312 e. The average Bonchev–Trinajstić information content (AvgIpc) is 3.23. The summed E-state index contributed by atoms with van der Waals surface area (Å²) in [4.78, 5) is 29.1. The van der Waals surface area contributed by atoms with Gasteiger partial charge in [-0.05, 0) is 32.9 Å². The van der Waals surface area contributed by atoms with E-state index in [0.29, 0.717) is 22.3 Å². The van der Waals surface area contributed by atoms with Crippen LogP contribution in [-0.2, 0) is 16.3 Å². The lowest BCUT2D eigenvalue weighted by Crippen LogP contribution is -2.23. The summed E-state index contributed by atoms with van der Waals surface area (Å²) in [5, 5.41) is 1.93. The molecule has 0 saturated heterocycles. The molecule has 8 nitrogen and oxygen atoms in total.